The van der Waals surface area contributed by atoms with Gasteiger partial charge in [0.25, 0.3) is 0 Å². The lowest BCUT2D eigenvalue weighted by Gasteiger charge is -2.35. The Labute approximate surface area is 177 Å². The minimum atomic E-state index is 0.521. The molecule has 158 valence electrons. The topological polar surface area (TPSA) is 53.5 Å². The molecule has 1 atom stereocenters. The highest BCUT2D eigenvalue weighted by molar-refractivity contribution is 7.19. The summed E-state index contributed by atoms with van der Waals surface area (Å²) < 4.78 is 5.52. The molecule has 0 aromatic carbocycles. The molecule has 5 rings (SSSR count). The first-order valence-electron chi connectivity index (χ1n) is 11.3. The number of piperidine rings is 1. The number of hydrogen-bond acceptors (Lipinski definition) is 7. The Hall–Kier alpha value is -1.28. The van der Waals surface area contributed by atoms with Crippen molar-refractivity contribution in [3.8, 4) is 0 Å². The van der Waals surface area contributed by atoms with E-state index in [1.54, 1.807) is 4.88 Å². The van der Waals surface area contributed by atoms with Crippen LogP contribution in [0.25, 0.3) is 10.2 Å². The molecular formula is C22H33N5OS. The van der Waals surface area contributed by atoms with Gasteiger partial charge >= 0.3 is 0 Å². The molecule has 2 saturated heterocycles. The van der Waals surface area contributed by atoms with Gasteiger partial charge in [0, 0.05) is 43.1 Å². The molecule has 0 bridgehead atoms. The molecule has 2 aromatic rings. The van der Waals surface area contributed by atoms with Crippen molar-refractivity contribution in [3.05, 3.63) is 16.3 Å². The Morgan fingerprint density at radius 1 is 1.14 bits per heavy atom. The van der Waals surface area contributed by atoms with Crippen molar-refractivity contribution in [1.29, 1.82) is 0 Å². The predicted molar refractivity (Wildman–Crippen MR) is 119 cm³/mol. The second-order valence-corrected chi connectivity index (χ2v) is 10.1. The van der Waals surface area contributed by atoms with Gasteiger partial charge in [0.1, 0.15) is 16.5 Å². The average Bonchev–Trinajstić information content (AvgIpc) is 3.29. The number of nitrogens with zero attached hydrogens (tertiary/aromatic N) is 4. The van der Waals surface area contributed by atoms with Crippen LogP contribution >= 0.6 is 11.3 Å². The summed E-state index contributed by atoms with van der Waals surface area (Å²) in [5, 5.41) is 5.11. The molecule has 1 aliphatic carbocycles. The van der Waals surface area contributed by atoms with E-state index >= 15 is 0 Å². The molecule has 2 aromatic heterocycles. The number of anilines is 1. The molecule has 2 aliphatic heterocycles. The number of rotatable bonds is 5. The van der Waals surface area contributed by atoms with Crippen LogP contribution in [0.2, 0.25) is 0 Å². The molecule has 0 spiro atoms. The number of aryl methyl sites for hydroxylation is 2. The molecule has 1 N–H and O–H groups in total. The normalized spacial score (nSPS) is 23.3. The number of aromatic nitrogens is 2. The number of fused-ring (bicyclic) bond motifs is 3. The molecule has 0 unspecified atom stereocenters. The summed E-state index contributed by atoms with van der Waals surface area (Å²) in [6.45, 7) is 11.0. The van der Waals surface area contributed by atoms with Crippen LogP contribution < -0.4 is 10.2 Å². The smallest absolute Gasteiger partial charge is 0.146 e. The molecule has 0 radical (unpaired) electrons. The van der Waals surface area contributed by atoms with Crippen molar-refractivity contribution in [2.24, 2.45) is 0 Å². The van der Waals surface area contributed by atoms with E-state index < -0.39 is 0 Å². The van der Waals surface area contributed by atoms with Crippen LogP contribution in [0.15, 0.2) is 0 Å². The van der Waals surface area contributed by atoms with Gasteiger partial charge < -0.3 is 15.0 Å². The van der Waals surface area contributed by atoms with Crippen LogP contribution in [-0.4, -0.2) is 66.3 Å². The quantitative estimate of drug-likeness (QED) is 0.810. The summed E-state index contributed by atoms with van der Waals surface area (Å²) in [5.41, 5.74) is 1.54. The maximum atomic E-state index is 5.52. The Morgan fingerprint density at radius 3 is 2.83 bits per heavy atom. The lowest BCUT2D eigenvalue weighted by Crippen LogP contribution is -2.48. The fourth-order valence-corrected chi connectivity index (χ4v) is 6.33. The maximum absolute atomic E-state index is 5.52. The van der Waals surface area contributed by atoms with Crippen LogP contribution in [0.4, 0.5) is 5.82 Å². The van der Waals surface area contributed by atoms with Gasteiger partial charge in [-0.2, -0.15) is 0 Å². The number of ether oxygens (including phenoxy) is 1. The third-order valence-corrected chi connectivity index (χ3v) is 7.54. The molecule has 2 fully saturated rings. The summed E-state index contributed by atoms with van der Waals surface area (Å²) in [6.07, 6.45) is 6.16. The van der Waals surface area contributed by atoms with Gasteiger partial charge in [0.05, 0.1) is 25.1 Å². The fourth-order valence-electron chi connectivity index (χ4n) is 5.06. The third-order valence-electron chi connectivity index (χ3n) is 6.35. The summed E-state index contributed by atoms with van der Waals surface area (Å²) in [7, 11) is 0. The Kier molecular flexibility index (Phi) is 5.74. The fraction of sp³-hybridized carbons (Fsp3) is 0.727. The first-order chi connectivity index (χ1) is 14.2. The van der Waals surface area contributed by atoms with Crippen LogP contribution in [0, 0.1) is 0 Å². The van der Waals surface area contributed by atoms with E-state index in [9.17, 15) is 0 Å². The van der Waals surface area contributed by atoms with Gasteiger partial charge in [0.2, 0.25) is 0 Å². The predicted octanol–water partition coefficient (Wildman–Crippen LogP) is 2.98. The lowest BCUT2D eigenvalue weighted by atomic mass is 10.0. The van der Waals surface area contributed by atoms with Crippen molar-refractivity contribution in [2.75, 3.05) is 44.3 Å². The number of nitrogens with one attached hydrogen (secondary N) is 1. The van der Waals surface area contributed by atoms with Crippen molar-refractivity contribution in [2.45, 2.75) is 64.6 Å². The Morgan fingerprint density at radius 2 is 2.00 bits per heavy atom. The van der Waals surface area contributed by atoms with E-state index in [0.717, 1.165) is 51.8 Å². The summed E-state index contributed by atoms with van der Waals surface area (Å²) in [5.74, 6) is 2.18. The van der Waals surface area contributed by atoms with Gasteiger partial charge in [-0.15, -0.1) is 11.3 Å². The first kappa shape index (κ1) is 19.7. The molecule has 0 amide bonds. The molecule has 7 heteroatoms. The van der Waals surface area contributed by atoms with Crippen LogP contribution in [0.1, 0.15) is 49.4 Å². The van der Waals surface area contributed by atoms with Gasteiger partial charge in [-0.25, -0.2) is 9.97 Å². The summed E-state index contributed by atoms with van der Waals surface area (Å²) in [6, 6.07) is 1.07. The highest BCUT2D eigenvalue weighted by Gasteiger charge is 2.28. The second kappa shape index (κ2) is 8.46. The molecule has 29 heavy (non-hydrogen) atoms. The van der Waals surface area contributed by atoms with Crippen molar-refractivity contribution in [3.63, 3.8) is 0 Å². The monoisotopic (exact) mass is 415 g/mol. The SMILES string of the molecule is CC(C)N[C@@H]1CCCN(c2nc(CN3CCOCC3)nc3sc4c(c23)CCC4)C1. The van der Waals surface area contributed by atoms with Crippen molar-refractivity contribution in [1.82, 2.24) is 20.2 Å². The Bertz CT molecular complexity index is 860. The highest BCUT2D eigenvalue weighted by atomic mass is 32.1. The molecule has 4 heterocycles. The van der Waals surface area contributed by atoms with Crippen LogP contribution in [0.3, 0.4) is 0 Å². The van der Waals surface area contributed by atoms with Gasteiger partial charge in [0.15, 0.2) is 0 Å². The number of hydrogen-bond donors (Lipinski definition) is 1. The zero-order valence-corrected chi connectivity index (χ0v) is 18.6. The minimum Gasteiger partial charge on any atom is -0.379 e. The van der Waals surface area contributed by atoms with Gasteiger partial charge in [-0.1, -0.05) is 13.8 Å². The molecule has 6 nitrogen and oxygen atoms in total. The van der Waals surface area contributed by atoms with Gasteiger partial charge in [-0.05, 0) is 37.7 Å². The van der Waals surface area contributed by atoms with E-state index in [-0.39, 0.29) is 0 Å². The van der Waals surface area contributed by atoms with Crippen LogP contribution in [-0.2, 0) is 24.1 Å². The zero-order valence-electron chi connectivity index (χ0n) is 17.7. The van der Waals surface area contributed by atoms with E-state index in [1.807, 2.05) is 11.3 Å². The van der Waals surface area contributed by atoms with E-state index in [4.69, 9.17) is 14.7 Å². The molecule has 3 aliphatic rings. The lowest BCUT2D eigenvalue weighted by molar-refractivity contribution is 0.0331. The summed E-state index contributed by atoms with van der Waals surface area (Å²) >= 11 is 1.92. The van der Waals surface area contributed by atoms with Crippen molar-refractivity contribution >= 4 is 27.4 Å². The minimum absolute atomic E-state index is 0.521. The standard InChI is InChI=1S/C22H33N5OS/c1-15(2)23-16-5-4-8-27(13-16)21-20-17-6-3-7-18(17)29-22(20)25-19(24-21)14-26-9-11-28-12-10-26/h15-16,23H,3-14H2,1-2H3/t16-/m1/s1. The number of morpholine rings is 1. The number of thiophene rings is 1. The largest absolute Gasteiger partial charge is 0.379 e. The van der Waals surface area contributed by atoms with Crippen molar-refractivity contribution < 1.29 is 4.74 Å². The average molecular weight is 416 g/mol. The summed E-state index contributed by atoms with van der Waals surface area (Å²) in [4.78, 5) is 18.0. The van der Waals surface area contributed by atoms with Gasteiger partial charge in [-0.3, -0.25) is 4.90 Å². The molecular weight excluding hydrogens is 382 g/mol. The highest BCUT2D eigenvalue weighted by Crippen LogP contribution is 2.41. The molecule has 0 saturated carbocycles. The van der Waals surface area contributed by atoms with E-state index in [0.29, 0.717) is 12.1 Å². The Balaban J connectivity index is 1.49. The third kappa shape index (κ3) is 4.15. The van der Waals surface area contributed by atoms with E-state index in [1.165, 1.54) is 53.7 Å². The zero-order chi connectivity index (χ0) is 19.8. The van der Waals surface area contributed by atoms with Crippen LogP contribution in [0.5, 0.6) is 0 Å². The van der Waals surface area contributed by atoms with E-state index in [2.05, 4.69) is 29.0 Å². The maximum Gasteiger partial charge on any atom is 0.146 e. The first-order valence-corrected chi connectivity index (χ1v) is 12.1. The second-order valence-electron chi connectivity index (χ2n) is 9.00.